The second kappa shape index (κ2) is 10.8. The maximum absolute atomic E-state index is 13.0. The van der Waals surface area contributed by atoms with Gasteiger partial charge in [-0.1, -0.05) is 18.2 Å². The van der Waals surface area contributed by atoms with Gasteiger partial charge in [-0.2, -0.15) is 5.10 Å². The number of aromatic nitrogens is 6. The van der Waals surface area contributed by atoms with E-state index in [1.807, 2.05) is 36.5 Å². The maximum atomic E-state index is 13.0. The first kappa shape index (κ1) is 23.8. The average molecular weight is 511 g/mol. The van der Waals surface area contributed by atoms with Crippen LogP contribution in [0.4, 0.5) is 23.1 Å². The summed E-state index contributed by atoms with van der Waals surface area (Å²) in [7, 11) is 0. The zero-order chi connectivity index (χ0) is 25.7. The summed E-state index contributed by atoms with van der Waals surface area (Å²) < 4.78 is 1.68. The van der Waals surface area contributed by atoms with E-state index in [1.165, 1.54) is 12.0 Å². The largest absolute Gasteiger partial charge is 0.368 e. The molecule has 0 atom stereocenters. The number of anilines is 4. The summed E-state index contributed by atoms with van der Waals surface area (Å²) in [6.45, 7) is 5.06. The molecule has 4 aromatic rings. The SMILES string of the molecule is O=C(Nc1cc(N2CCN(c3ccccc3)CC2)ncn1)C1CCN(c2ccc(-n3cccn3)nn2)CC1. The van der Waals surface area contributed by atoms with E-state index in [-0.39, 0.29) is 11.8 Å². The first-order valence-electron chi connectivity index (χ1n) is 13.0. The Balaban J connectivity index is 1.01. The topological polar surface area (TPSA) is 108 Å². The van der Waals surface area contributed by atoms with Gasteiger partial charge in [0.2, 0.25) is 5.91 Å². The van der Waals surface area contributed by atoms with Crippen molar-refractivity contribution in [2.24, 2.45) is 5.92 Å². The van der Waals surface area contributed by atoms with Crippen LogP contribution in [0.1, 0.15) is 12.8 Å². The molecule has 11 nitrogen and oxygen atoms in total. The molecule has 0 unspecified atom stereocenters. The van der Waals surface area contributed by atoms with Crippen molar-refractivity contribution < 1.29 is 4.79 Å². The normalized spacial score (nSPS) is 16.5. The van der Waals surface area contributed by atoms with Crippen molar-refractivity contribution in [2.75, 3.05) is 59.3 Å². The number of carbonyl (C=O) groups is 1. The number of benzene rings is 1. The van der Waals surface area contributed by atoms with E-state index in [2.05, 4.69) is 69.5 Å². The molecule has 0 radical (unpaired) electrons. The monoisotopic (exact) mass is 510 g/mol. The van der Waals surface area contributed by atoms with Gasteiger partial charge in [0.1, 0.15) is 18.0 Å². The Kier molecular flexibility index (Phi) is 6.79. The van der Waals surface area contributed by atoms with Crippen LogP contribution in [-0.4, -0.2) is 75.1 Å². The Hall–Kier alpha value is -4.54. The standard InChI is InChI=1S/C27H30N10O/c38-27(21-9-13-35(14-10-21)24-7-8-25(33-32-24)37-12-4-11-30-37)31-23-19-26(29-20-28-23)36-17-15-34(16-18-36)22-5-2-1-3-6-22/h1-8,11-12,19-21H,9-10,13-18H2,(H,28,29,31,38). The van der Waals surface area contributed by atoms with E-state index in [9.17, 15) is 4.79 Å². The third-order valence-electron chi connectivity index (χ3n) is 7.19. The second-order valence-electron chi connectivity index (χ2n) is 9.52. The summed E-state index contributed by atoms with van der Waals surface area (Å²) in [5.74, 6) is 2.81. The van der Waals surface area contributed by atoms with E-state index in [0.29, 0.717) is 11.6 Å². The van der Waals surface area contributed by atoms with Crippen LogP contribution in [0.15, 0.2) is 73.3 Å². The van der Waals surface area contributed by atoms with Crippen LogP contribution < -0.4 is 20.0 Å². The highest BCUT2D eigenvalue weighted by Gasteiger charge is 2.26. The average Bonchev–Trinajstić information content (AvgIpc) is 3.53. The van der Waals surface area contributed by atoms with Crippen molar-refractivity contribution in [3.63, 3.8) is 0 Å². The molecule has 2 aliphatic rings. The molecule has 2 fully saturated rings. The Labute approximate surface area is 221 Å². The minimum atomic E-state index is -0.0737. The third-order valence-corrected chi connectivity index (χ3v) is 7.19. The van der Waals surface area contributed by atoms with Crippen LogP contribution in [0.25, 0.3) is 5.82 Å². The van der Waals surface area contributed by atoms with Gasteiger partial charge in [0, 0.05) is 69.3 Å². The predicted molar refractivity (Wildman–Crippen MR) is 146 cm³/mol. The van der Waals surface area contributed by atoms with Crippen LogP contribution in [0.5, 0.6) is 0 Å². The van der Waals surface area contributed by atoms with Gasteiger partial charge in [0.05, 0.1) is 0 Å². The quantitative estimate of drug-likeness (QED) is 0.419. The highest BCUT2D eigenvalue weighted by atomic mass is 16.2. The first-order valence-corrected chi connectivity index (χ1v) is 13.0. The molecule has 1 aromatic carbocycles. The minimum Gasteiger partial charge on any atom is -0.368 e. The molecule has 1 amide bonds. The van der Waals surface area contributed by atoms with E-state index >= 15 is 0 Å². The Morgan fingerprint density at radius 1 is 0.763 bits per heavy atom. The molecule has 0 saturated carbocycles. The van der Waals surface area contributed by atoms with Crippen LogP contribution >= 0.6 is 0 Å². The van der Waals surface area contributed by atoms with Crippen molar-refractivity contribution in [3.8, 4) is 5.82 Å². The fraction of sp³-hybridized carbons (Fsp3) is 0.333. The van der Waals surface area contributed by atoms with E-state index in [0.717, 1.165) is 63.7 Å². The number of para-hydroxylation sites is 1. The molecule has 38 heavy (non-hydrogen) atoms. The van der Waals surface area contributed by atoms with Crippen LogP contribution in [-0.2, 0) is 4.79 Å². The molecule has 3 aromatic heterocycles. The van der Waals surface area contributed by atoms with Crippen molar-refractivity contribution >= 4 is 29.0 Å². The zero-order valence-electron chi connectivity index (χ0n) is 21.1. The first-order chi connectivity index (χ1) is 18.7. The number of hydrogen-bond acceptors (Lipinski definition) is 9. The lowest BCUT2D eigenvalue weighted by atomic mass is 9.96. The van der Waals surface area contributed by atoms with Crippen molar-refractivity contribution in [1.82, 2.24) is 29.9 Å². The molecule has 0 aliphatic carbocycles. The maximum Gasteiger partial charge on any atom is 0.228 e. The van der Waals surface area contributed by atoms with Gasteiger partial charge < -0.3 is 20.0 Å². The third kappa shape index (κ3) is 5.26. The van der Waals surface area contributed by atoms with Gasteiger partial charge in [-0.05, 0) is 43.2 Å². The molecule has 2 saturated heterocycles. The number of rotatable bonds is 6. The predicted octanol–water partition coefficient (Wildman–Crippen LogP) is 2.63. The van der Waals surface area contributed by atoms with Gasteiger partial charge in [-0.3, -0.25) is 4.79 Å². The number of amides is 1. The van der Waals surface area contributed by atoms with E-state index in [4.69, 9.17) is 0 Å². The summed E-state index contributed by atoms with van der Waals surface area (Å²) >= 11 is 0. The molecular weight excluding hydrogens is 480 g/mol. The molecule has 0 bridgehead atoms. The minimum absolute atomic E-state index is 0.00307. The van der Waals surface area contributed by atoms with Gasteiger partial charge >= 0.3 is 0 Å². The van der Waals surface area contributed by atoms with Crippen LogP contribution in [0.2, 0.25) is 0 Å². The summed E-state index contributed by atoms with van der Waals surface area (Å²) in [6.07, 6.45) is 6.56. The Bertz CT molecular complexity index is 1330. The number of nitrogens with zero attached hydrogens (tertiary/aromatic N) is 9. The van der Waals surface area contributed by atoms with Gasteiger partial charge in [0.15, 0.2) is 11.6 Å². The van der Waals surface area contributed by atoms with Gasteiger partial charge in [0.25, 0.3) is 0 Å². The highest BCUT2D eigenvalue weighted by Crippen LogP contribution is 2.24. The molecule has 194 valence electrons. The molecule has 1 N–H and O–H groups in total. The number of piperidine rings is 1. The lowest BCUT2D eigenvalue weighted by Crippen LogP contribution is -2.46. The lowest BCUT2D eigenvalue weighted by Gasteiger charge is -2.36. The lowest BCUT2D eigenvalue weighted by molar-refractivity contribution is -0.120. The van der Waals surface area contributed by atoms with Gasteiger partial charge in [-0.25, -0.2) is 14.6 Å². The van der Waals surface area contributed by atoms with Crippen molar-refractivity contribution in [2.45, 2.75) is 12.8 Å². The van der Waals surface area contributed by atoms with Crippen molar-refractivity contribution in [3.05, 3.63) is 73.3 Å². The molecule has 6 rings (SSSR count). The summed E-state index contributed by atoms with van der Waals surface area (Å²) in [6, 6.07) is 18.0. The van der Waals surface area contributed by atoms with E-state index < -0.39 is 0 Å². The second-order valence-corrected chi connectivity index (χ2v) is 9.52. The number of piperazine rings is 1. The fourth-order valence-electron chi connectivity index (χ4n) is 5.03. The van der Waals surface area contributed by atoms with Crippen LogP contribution in [0.3, 0.4) is 0 Å². The summed E-state index contributed by atoms with van der Waals surface area (Å²) in [5, 5.41) is 15.8. The fourth-order valence-corrected chi connectivity index (χ4v) is 5.03. The molecule has 11 heteroatoms. The van der Waals surface area contributed by atoms with Gasteiger partial charge in [-0.15, -0.1) is 10.2 Å². The zero-order valence-corrected chi connectivity index (χ0v) is 21.1. The Morgan fingerprint density at radius 3 is 2.18 bits per heavy atom. The summed E-state index contributed by atoms with van der Waals surface area (Å²) in [4.78, 5) is 28.6. The molecule has 2 aliphatic heterocycles. The molecular formula is C27H30N10O. The number of nitrogens with one attached hydrogen (secondary N) is 1. The molecule has 5 heterocycles. The number of carbonyl (C=O) groups excluding carboxylic acids is 1. The van der Waals surface area contributed by atoms with E-state index in [1.54, 1.807) is 10.9 Å². The highest BCUT2D eigenvalue weighted by molar-refractivity contribution is 5.92. The summed E-state index contributed by atoms with van der Waals surface area (Å²) in [5.41, 5.74) is 1.24. The molecule has 0 spiro atoms. The Morgan fingerprint density at radius 2 is 1.47 bits per heavy atom. The number of hydrogen-bond donors (Lipinski definition) is 1. The van der Waals surface area contributed by atoms with Crippen LogP contribution in [0, 0.1) is 5.92 Å². The van der Waals surface area contributed by atoms with Crippen molar-refractivity contribution in [1.29, 1.82) is 0 Å². The smallest absolute Gasteiger partial charge is 0.228 e.